The molecule has 1 saturated heterocycles. The van der Waals surface area contributed by atoms with Crippen LogP contribution in [-0.2, 0) is 16.1 Å². The molecule has 2 fully saturated rings. The first-order valence-corrected chi connectivity index (χ1v) is 13.7. The minimum atomic E-state index is -1.83. The van der Waals surface area contributed by atoms with Crippen LogP contribution in [0.2, 0.25) is 0 Å². The summed E-state index contributed by atoms with van der Waals surface area (Å²) in [4.78, 5) is 27.3. The van der Waals surface area contributed by atoms with Crippen molar-refractivity contribution in [2.45, 2.75) is 75.6 Å². The van der Waals surface area contributed by atoms with Gasteiger partial charge >= 0.3 is 0 Å². The molecule has 7 nitrogen and oxygen atoms in total. The van der Waals surface area contributed by atoms with Gasteiger partial charge in [0.15, 0.2) is 12.2 Å². The topological polar surface area (TPSA) is 99.1 Å². The SMILES string of the molecule is CCOc1ccccc1-c1ccc(CNC(=O)[C@H](O)[C@@H](O)C(=O)N2CCC[C@@H]2C2CCCC(Cl)C2)cc1. The summed E-state index contributed by atoms with van der Waals surface area (Å²) < 4.78 is 5.71. The Morgan fingerprint density at radius 3 is 2.54 bits per heavy atom. The zero-order valence-electron chi connectivity index (χ0n) is 21.3. The largest absolute Gasteiger partial charge is 0.493 e. The van der Waals surface area contributed by atoms with Crippen LogP contribution in [0.5, 0.6) is 5.75 Å². The molecular weight excluding hydrogens is 492 g/mol. The van der Waals surface area contributed by atoms with E-state index in [4.69, 9.17) is 16.3 Å². The maximum absolute atomic E-state index is 13.0. The van der Waals surface area contributed by atoms with E-state index in [-0.39, 0.29) is 18.0 Å². The molecule has 1 aliphatic heterocycles. The van der Waals surface area contributed by atoms with Crippen molar-refractivity contribution >= 4 is 23.4 Å². The minimum Gasteiger partial charge on any atom is -0.493 e. The molecule has 1 aliphatic carbocycles. The fraction of sp³-hybridized carbons (Fsp3) is 0.517. The number of aliphatic hydroxyl groups excluding tert-OH is 2. The fourth-order valence-corrected chi connectivity index (χ4v) is 5.99. The summed E-state index contributed by atoms with van der Waals surface area (Å²) in [6.07, 6.45) is 1.96. The van der Waals surface area contributed by atoms with E-state index in [0.717, 1.165) is 61.0 Å². The molecule has 2 amide bonds. The monoisotopic (exact) mass is 528 g/mol. The number of rotatable bonds is 9. The highest BCUT2D eigenvalue weighted by Gasteiger charge is 2.41. The Kier molecular flexibility index (Phi) is 9.46. The van der Waals surface area contributed by atoms with Gasteiger partial charge in [-0.25, -0.2) is 0 Å². The van der Waals surface area contributed by atoms with Crippen LogP contribution in [0, 0.1) is 5.92 Å². The van der Waals surface area contributed by atoms with Crippen LogP contribution >= 0.6 is 11.6 Å². The minimum absolute atomic E-state index is 0.00494. The van der Waals surface area contributed by atoms with Crippen molar-refractivity contribution in [3.63, 3.8) is 0 Å². The second-order valence-electron chi connectivity index (χ2n) is 10.00. The van der Waals surface area contributed by atoms with Crippen LogP contribution in [-0.4, -0.2) is 63.7 Å². The molecular formula is C29H37ClN2O5. The van der Waals surface area contributed by atoms with E-state index in [9.17, 15) is 19.8 Å². The number of nitrogens with zero attached hydrogens (tertiary/aromatic N) is 1. The zero-order valence-corrected chi connectivity index (χ0v) is 22.1. The number of para-hydroxylation sites is 1. The Labute approximate surface area is 223 Å². The predicted molar refractivity (Wildman–Crippen MR) is 143 cm³/mol. The molecule has 3 N–H and O–H groups in total. The fourth-order valence-electron chi connectivity index (χ4n) is 5.60. The maximum Gasteiger partial charge on any atom is 0.254 e. The summed E-state index contributed by atoms with van der Waals surface area (Å²) in [5, 5.41) is 23.8. The Morgan fingerprint density at radius 2 is 1.81 bits per heavy atom. The number of amides is 2. The third-order valence-electron chi connectivity index (χ3n) is 7.52. The van der Waals surface area contributed by atoms with Crippen molar-refractivity contribution in [3.8, 4) is 16.9 Å². The molecule has 1 saturated carbocycles. The van der Waals surface area contributed by atoms with E-state index < -0.39 is 24.0 Å². The van der Waals surface area contributed by atoms with Gasteiger partial charge in [-0.2, -0.15) is 0 Å². The first-order valence-electron chi connectivity index (χ1n) is 13.3. The standard InChI is InChI=1S/C29H37ClN2O5/c1-2-37-25-11-4-3-9-23(25)20-14-12-19(13-15-20)18-31-28(35)26(33)27(34)29(36)32-16-6-10-24(32)21-7-5-8-22(30)17-21/h3-4,9,11-15,21-22,24,26-27,33-34H,2,5-8,10,16-18H2,1H3,(H,31,35)/t21?,22?,24-,26-,27-/m1/s1. The van der Waals surface area contributed by atoms with Gasteiger partial charge in [-0.1, -0.05) is 48.9 Å². The highest BCUT2D eigenvalue weighted by atomic mass is 35.5. The Hall–Kier alpha value is -2.61. The lowest BCUT2D eigenvalue weighted by Crippen LogP contribution is -2.53. The van der Waals surface area contributed by atoms with Gasteiger partial charge < -0.3 is 25.2 Å². The van der Waals surface area contributed by atoms with E-state index in [1.165, 1.54) is 0 Å². The van der Waals surface area contributed by atoms with E-state index in [1.54, 1.807) is 4.90 Å². The summed E-state index contributed by atoms with van der Waals surface area (Å²) in [5.74, 6) is -0.261. The number of halogens is 1. The van der Waals surface area contributed by atoms with Gasteiger partial charge in [0.25, 0.3) is 11.8 Å². The number of benzene rings is 2. The summed E-state index contributed by atoms with van der Waals surface area (Å²) >= 11 is 6.36. The van der Waals surface area contributed by atoms with E-state index in [0.29, 0.717) is 19.1 Å². The third-order valence-corrected chi connectivity index (χ3v) is 7.91. The highest BCUT2D eigenvalue weighted by Crippen LogP contribution is 2.36. The van der Waals surface area contributed by atoms with Gasteiger partial charge in [0.2, 0.25) is 0 Å². The van der Waals surface area contributed by atoms with Crippen molar-refractivity contribution in [2.24, 2.45) is 5.92 Å². The van der Waals surface area contributed by atoms with Crippen molar-refractivity contribution in [1.29, 1.82) is 0 Å². The second-order valence-corrected chi connectivity index (χ2v) is 10.6. The molecule has 0 spiro atoms. The molecule has 0 aromatic heterocycles. The van der Waals surface area contributed by atoms with Crippen molar-refractivity contribution < 1.29 is 24.5 Å². The summed E-state index contributed by atoms with van der Waals surface area (Å²) in [7, 11) is 0. The lowest BCUT2D eigenvalue weighted by atomic mass is 9.82. The van der Waals surface area contributed by atoms with Gasteiger partial charge in [0, 0.05) is 30.1 Å². The molecule has 200 valence electrons. The van der Waals surface area contributed by atoms with Crippen LogP contribution in [0.3, 0.4) is 0 Å². The number of likely N-dealkylation sites (tertiary alicyclic amines) is 1. The lowest BCUT2D eigenvalue weighted by Gasteiger charge is -2.36. The number of hydrogen-bond donors (Lipinski definition) is 3. The van der Waals surface area contributed by atoms with Gasteiger partial charge in [-0.3, -0.25) is 9.59 Å². The highest BCUT2D eigenvalue weighted by molar-refractivity contribution is 6.20. The van der Waals surface area contributed by atoms with E-state index in [1.807, 2.05) is 55.5 Å². The Morgan fingerprint density at radius 1 is 1.05 bits per heavy atom. The summed E-state index contributed by atoms with van der Waals surface area (Å²) in [5.41, 5.74) is 2.79. The molecule has 2 aromatic rings. The van der Waals surface area contributed by atoms with Crippen LogP contribution in [0.4, 0.5) is 0 Å². The molecule has 4 rings (SSSR count). The van der Waals surface area contributed by atoms with Gasteiger partial charge in [-0.05, 0) is 62.1 Å². The number of carbonyl (C=O) groups excluding carboxylic acids is 2. The average molecular weight is 529 g/mol. The smallest absolute Gasteiger partial charge is 0.254 e. The molecule has 1 heterocycles. The second kappa shape index (κ2) is 12.8. The summed E-state index contributed by atoms with van der Waals surface area (Å²) in [6, 6.07) is 15.5. The molecule has 2 aromatic carbocycles. The van der Waals surface area contributed by atoms with Gasteiger partial charge in [0.05, 0.1) is 6.61 Å². The van der Waals surface area contributed by atoms with Crippen LogP contribution in [0.15, 0.2) is 48.5 Å². The number of alkyl halides is 1. The van der Waals surface area contributed by atoms with Gasteiger partial charge in [-0.15, -0.1) is 11.6 Å². The first-order chi connectivity index (χ1) is 17.9. The number of nitrogens with one attached hydrogen (secondary N) is 1. The predicted octanol–water partition coefficient (Wildman–Crippen LogP) is 3.88. The molecule has 2 aliphatic rings. The van der Waals surface area contributed by atoms with Crippen molar-refractivity contribution in [1.82, 2.24) is 10.2 Å². The van der Waals surface area contributed by atoms with Crippen molar-refractivity contribution in [3.05, 3.63) is 54.1 Å². The van der Waals surface area contributed by atoms with Gasteiger partial charge in [0.1, 0.15) is 5.75 Å². The lowest BCUT2D eigenvalue weighted by molar-refractivity contribution is -0.154. The first kappa shape index (κ1) is 27.4. The summed E-state index contributed by atoms with van der Waals surface area (Å²) in [6.45, 7) is 3.20. The molecule has 2 unspecified atom stereocenters. The van der Waals surface area contributed by atoms with E-state index in [2.05, 4.69) is 5.32 Å². The van der Waals surface area contributed by atoms with Crippen molar-refractivity contribution in [2.75, 3.05) is 13.2 Å². The number of aliphatic hydroxyl groups is 2. The zero-order chi connectivity index (χ0) is 26.4. The molecule has 0 radical (unpaired) electrons. The normalized spacial score (nSPS) is 23.4. The maximum atomic E-state index is 13.0. The van der Waals surface area contributed by atoms with Crippen LogP contribution in [0.1, 0.15) is 51.0 Å². The number of ether oxygens (including phenoxy) is 1. The molecule has 37 heavy (non-hydrogen) atoms. The van der Waals surface area contributed by atoms with Crippen LogP contribution in [0.25, 0.3) is 11.1 Å². The Bertz CT molecular complexity index is 1060. The molecule has 8 heteroatoms. The molecule has 0 bridgehead atoms. The number of hydrogen-bond acceptors (Lipinski definition) is 5. The average Bonchev–Trinajstić information content (AvgIpc) is 3.41. The molecule has 5 atom stereocenters. The third kappa shape index (κ3) is 6.64. The van der Waals surface area contributed by atoms with Crippen LogP contribution < -0.4 is 10.1 Å². The Balaban J connectivity index is 1.32. The van der Waals surface area contributed by atoms with E-state index >= 15 is 0 Å². The number of carbonyl (C=O) groups is 2. The quantitative estimate of drug-likeness (QED) is 0.429.